The number of rotatable bonds is 4. The third kappa shape index (κ3) is 3.55. The number of amides is 1. The Kier molecular flexibility index (Phi) is 4.96. The number of hydrogen-bond donors (Lipinski definition) is 0. The Hall–Kier alpha value is -0.910. The molecule has 0 aliphatic carbocycles. The monoisotopic (exact) mass is 358 g/mol. The van der Waals surface area contributed by atoms with E-state index in [9.17, 15) is 4.79 Å². The normalized spacial score (nSPS) is 10.5. The van der Waals surface area contributed by atoms with Crippen LogP contribution in [-0.4, -0.2) is 22.3 Å². The third-order valence-corrected chi connectivity index (χ3v) is 4.46. The van der Waals surface area contributed by atoms with Gasteiger partial charge >= 0.3 is 0 Å². The van der Waals surface area contributed by atoms with Gasteiger partial charge in [-0.2, -0.15) is 0 Å². The summed E-state index contributed by atoms with van der Waals surface area (Å²) in [6.45, 7) is 3.12. The second kappa shape index (κ2) is 6.50. The molecule has 0 bridgehead atoms. The number of aromatic nitrogens is 1. The maximum atomic E-state index is 12.4. The van der Waals surface area contributed by atoms with Crippen molar-refractivity contribution in [1.29, 1.82) is 0 Å². The average molecular weight is 360 g/mol. The zero-order valence-electron chi connectivity index (χ0n) is 10.3. The molecule has 0 fully saturated rings. The first-order valence-corrected chi connectivity index (χ1v) is 7.74. The number of halogens is 2. The first-order chi connectivity index (χ1) is 9.11. The van der Waals surface area contributed by atoms with Gasteiger partial charge in [-0.05, 0) is 47.1 Å². The van der Waals surface area contributed by atoms with Gasteiger partial charge in [0.2, 0.25) is 0 Å². The molecule has 0 saturated carbocycles. The van der Waals surface area contributed by atoms with Crippen molar-refractivity contribution in [2.45, 2.75) is 13.5 Å². The molecule has 0 aliphatic heterocycles. The first-order valence-electron chi connectivity index (χ1n) is 5.75. The predicted molar refractivity (Wildman–Crippen MR) is 81.7 cm³/mol. The van der Waals surface area contributed by atoms with Gasteiger partial charge in [0.25, 0.3) is 5.91 Å². The van der Waals surface area contributed by atoms with Crippen LogP contribution in [0.4, 0.5) is 0 Å². The number of carbonyl (C=O) groups excluding carboxylic acids is 1. The van der Waals surface area contributed by atoms with Crippen LogP contribution in [0.25, 0.3) is 0 Å². The second-order valence-electron chi connectivity index (χ2n) is 3.86. The van der Waals surface area contributed by atoms with Gasteiger partial charge in [0.05, 0.1) is 10.9 Å². The summed E-state index contributed by atoms with van der Waals surface area (Å²) in [5.41, 5.74) is 0.437. The highest BCUT2D eigenvalue weighted by Crippen LogP contribution is 2.24. The quantitative estimate of drug-likeness (QED) is 0.819. The summed E-state index contributed by atoms with van der Waals surface area (Å²) in [5.74, 6) is -0.0838. The van der Waals surface area contributed by atoms with Crippen LogP contribution in [0, 0.1) is 0 Å². The van der Waals surface area contributed by atoms with Gasteiger partial charge in [0.15, 0.2) is 0 Å². The lowest BCUT2D eigenvalue weighted by Crippen LogP contribution is -2.30. The van der Waals surface area contributed by atoms with Gasteiger partial charge in [-0.25, -0.2) is 4.98 Å². The number of nitrogens with zero attached hydrogens (tertiary/aromatic N) is 2. The van der Waals surface area contributed by atoms with E-state index in [1.165, 1.54) is 11.3 Å². The molecule has 0 N–H and O–H groups in total. The lowest BCUT2D eigenvalue weighted by Gasteiger charge is -2.20. The fourth-order valence-electron chi connectivity index (χ4n) is 1.64. The number of thiophene rings is 1. The molecule has 19 heavy (non-hydrogen) atoms. The number of carbonyl (C=O) groups is 1. The van der Waals surface area contributed by atoms with Crippen LogP contribution < -0.4 is 0 Å². The van der Waals surface area contributed by atoms with E-state index in [0.717, 1.165) is 9.21 Å². The fourth-order valence-corrected chi connectivity index (χ4v) is 3.17. The molecule has 100 valence electrons. The van der Waals surface area contributed by atoms with E-state index in [1.807, 2.05) is 25.1 Å². The Balaban J connectivity index is 2.18. The minimum Gasteiger partial charge on any atom is -0.332 e. The zero-order chi connectivity index (χ0) is 13.8. The maximum absolute atomic E-state index is 12.4. The van der Waals surface area contributed by atoms with Crippen LogP contribution in [0.3, 0.4) is 0 Å². The van der Waals surface area contributed by atoms with Gasteiger partial charge in [-0.15, -0.1) is 11.3 Å². The highest BCUT2D eigenvalue weighted by atomic mass is 79.9. The predicted octanol–water partition coefficient (Wildman–Crippen LogP) is 4.22. The maximum Gasteiger partial charge on any atom is 0.273 e. The molecule has 2 rings (SSSR count). The van der Waals surface area contributed by atoms with Crippen molar-refractivity contribution in [2.75, 3.05) is 6.54 Å². The summed E-state index contributed by atoms with van der Waals surface area (Å²) < 4.78 is 1.44. The molecule has 6 heteroatoms. The average Bonchev–Trinajstić information content (AvgIpc) is 2.81. The first kappa shape index (κ1) is 14.5. The van der Waals surface area contributed by atoms with Gasteiger partial charge in [-0.3, -0.25) is 4.79 Å². The summed E-state index contributed by atoms with van der Waals surface area (Å²) in [4.78, 5) is 19.4. The van der Waals surface area contributed by atoms with Gasteiger partial charge in [-0.1, -0.05) is 11.6 Å². The zero-order valence-corrected chi connectivity index (χ0v) is 13.4. The van der Waals surface area contributed by atoms with Crippen LogP contribution in [0.5, 0.6) is 0 Å². The Morgan fingerprint density at radius 3 is 2.84 bits per heavy atom. The van der Waals surface area contributed by atoms with Crippen molar-refractivity contribution < 1.29 is 4.79 Å². The summed E-state index contributed by atoms with van der Waals surface area (Å²) in [5, 5.41) is 0. The van der Waals surface area contributed by atoms with E-state index in [-0.39, 0.29) is 5.91 Å². The lowest BCUT2D eigenvalue weighted by atomic mass is 10.3. The van der Waals surface area contributed by atoms with Gasteiger partial charge < -0.3 is 4.90 Å². The minimum atomic E-state index is -0.0838. The summed E-state index contributed by atoms with van der Waals surface area (Å²) >= 11 is 10.7. The lowest BCUT2D eigenvalue weighted by molar-refractivity contribution is 0.0747. The molecule has 0 unspecified atom stereocenters. The van der Waals surface area contributed by atoms with E-state index >= 15 is 0 Å². The standard InChI is InChI=1S/C13H12BrClN2OS/c1-2-17(8-9-5-6-11(15)19-9)13(18)12-10(14)4-3-7-16-12/h3-7H,2,8H2,1H3. The van der Waals surface area contributed by atoms with Gasteiger partial charge in [0, 0.05) is 22.1 Å². The summed E-state index contributed by atoms with van der Waals surface area (Å²) in [6, 6.07) is 7.39. The fraction of sp³-hybridized carbons (Fsp3) is 0.231. The van der Waals surface area contributed by atoms with Crippen LogP contribution in [0.2, 0.25) is 4.34 Å². The Labute approximate surface area is 129 Å². The van der Waals surface area contributed by atoms with Gasteiger partial charge in [0.1, 0.15) is 5.69 Å². The van der Waals surface area contributed by atoms with E-state index in [2.05, 4.69) is 20.9 Å². The molecule has 2 heterocycles. The summed E-state index contributed by atoms with van der Waals surface area (Å²) in [6.07, 6.45) is 1.62. The molecule has 1 amide bonds. The molecule has 3 nitrogen and oxygen atoms in total. The molecule has 0 radical (unpaired) electrons. The smallest absolute Gasteiger partial charge is 0.273 e. The van der Waals surface area contributed by atoms with E-state index in [1.54, 1.807) is 17.2 Å². The second-order valence-corrected chi connectivity index (χ2v) is 6.51. The van der Waals surface area contributed by atoms with E-state index in [4.69, 9.17) is 11.6 Å². The van der Waals surface area contributed by atoms with Crippen LogP contribution >= 0.6 is 38.9 Å². The molecule has 0 saturated heterocycles. The van der Waals surface area contributed by atoms with Crippen molar-refractivity contribution in [3.05, 3.63) is 49.8 Å². The molecular weight excluding hydrogens is 348 g/mol. The Morgan fingerprint density at radius 1 is 1.47 bits per heavy atom. The molecule has 2 aromatic rings. The minimum absolute atomic E-state index is 0.0838. The van der Waals surface area contributed by atoms with Crippen LogP contribution in [-0.2, 0) is 6.54 Å². The van der Waals surface area contributed by atoms with Crippen molar-refractivity contribution >= 4 is 44.8 Å². The SMILES string of the molecule is CCN(Cc1ccc(Cl)s1)C(=O)c1ncccc1Br. The molecule has 0 atom stereocenters. The number of hydrogen-bond acceptors (Lipinski definition) is 3. The van der Waals surface area contributed by atoms with Crippen molar-refractivity contribution in [3.63, 3.8) is 0 Å². The van der Waals surface area contributed by atoms with E-state index in [0.29, 0.717) is 23.3 Å². The van der Waals surface area contributed by atoms with E-state index < -0.39 is 0 Å². The molecule has 0 aliphatic rings. The van der Waals surface area contributed by atoms with Crippen molar-refractivity contribution in [1.82, 2.24) is 9.88 Å². The molecule has 0 spiro atoms. The summed E-state index contributed by atoms with van der Waals surface area (Å²) in [7, 11) is 0. The number of pyridine rings is 1. The van der Waals surface area contributed by atoms with Crippen molar-refractivity contribution in [3.8, 4) is 0 Å². The molecule has 2 aromatic heterocycles. The van der Waals surface area contributed by atoms with Crippen LogP contribution in [0.1, 0.15) is 22.3 Å². The molecule has 0 aromatic carbocycles. The Morgan fingerprint density at radius 2 is 2.26 bits per heavy atom. The third-order valence-electron chi connectivity index (χ3n) is 2.61. The topological polar surface area (TPSA) is 33.2 Å². The van der Waals surface area contributed by atoms with Crippen molar-refractivity contribution in [2.24, 2.45) is 0 Å². The highest BCUT2D eigenvalue weighted by Gasteiger charge is 2.18. The molecular formula is C13H12BrClN2OS. The van der Waals surface area contributed by atoms with Crippen LogP contribution in [0.15, 0.2) is 34.9 Å². The largest absolute Gasteiger partial charge is 0.332 e. The highest BCUT2D eigenvalue weighted by molar-refractivity contribution is 9.10. The Bertz CT molecular complexity index is 588.